The summed E-state index contributed by atoms with van der Waals surface area (Å²) in [4.78, 5) is 34.8. The summed E-state index contributed by atoms with van der Waals surface area (Å²) >= 11 is 0. The molecule has 0 aliphatic carbocycles. The van der Waals surface area contributed by atoms with Gasteiger partial charge in [-0.15, -0.1) is 0 Å². The number of anilines is 1. The van der Waals surface area contributed by atoms with Crippen LogP contribution < -0.4 is 10.3 Å². The fourth-order valence-corrected chi connectivity index (χ4v) is 2.45. The summed E-state index contributed by atoms with van der Waals surface area (Å²) in [5, 5.41) is 26.2. The highest BCUT2D eigenvalue weighted by Crippen LogP contribution is 2.24. The van der Waals surface area contributed by atoms with Crippen LogP contribution in [0.15, 0.2) is 35.4 Å². The number of benzene rings is 1. The highest BCUT2D eigenvalue weighted by Gasteiger charge is 2.37. The maximum atomic E-state index is 12.3. The first-order chi connectivity index (χ1) is 11.4. The number of carbonyl (C=O) groups excluding carboxylic acids is 1. The van der Waals surface area contributed by atoms with E-state index in [9.17, 15) is 19.5 Å². The molecule has 1 aromatic rings. The molecular formula is C16H19N3O5. The Labute approximate surface area is 138 Å². The molecule has 2 rings (SSSR count). The molecule has 3 N–H and O–H groups in total. The smallest absolute Gasteiger partial charge is 0.328 e. The molecule has 0 radical (unpaired) electrons. The minimum atomic E-state index is -1.13. The molecule has 0 bridgehead atoms. The van der Waals surface area contributed by atoms with E-state index in [4.69, 9.17) is 5.11 Å². The lowest BCUT2D eigenvalue weighted by Gasteiger charge is -2.19. The van der Waals surface area contributed by atoms with Gasteiger partial charge in [0.15, 0.2) is 6.04 Å². The van der Waals surface area contributed by atoms with Crippen molar-refractivity contribution in [3.05, 3.63) is 30.3 Å². The Balaban J connectivity index is 2.19. The van der Waals surface area contributed by atoms with Crippen LogP contribution in [0, 0.1) is 0 Å². The SMILES string of the molecule is CCCC(NC(=O)C1=NN(c2ccccc2)C(C(=O)O)C1)C(=O)O. The zero-order valence-corrected chi connectivity index (χ0v) is 13.2. The van der Waals surface area contributed by atoms with Gasteiger partial charge in [0.1, 0.15) is 11.8 Å². The number of nitrogens with zero attached hydrogens (tertiary/aromatic N) is 2. The number of amides is 1. The van der Waals surface area contributed by atoms with Crippen LogP contribution in [0.2, 0.25) is 0 Å². The molecule has 1 aromatic carbocycles. The molecule has 0 saturated heterocycles. The fraction of sp³-hybridized carbons (Fsp3) is 0.375. The summed E-state index contributed by atoms with van der Waals surface area (Å²) in [5.74, 6) is -2.88. The van der Waals surface area contributed by atoms with E-state index in [1.54, 1.807) is 30.3 Å². The second kappa shape index (κ2) is 7.58. The number of hydrogen-bond donors (Lipinski definition) is 3. The number of carboxylic acid groups (broad SMARTS) is 2. The lowest BCUT2D eigenvalue weighted by atomic mass is 10.1. The predicted molar refractivity (Wildman–Crippen MR) is 86.9 cm³/mol. The third-order valence-corrected chi connectivity index (χ3v) is 3.66. The number of aliphatic carboxylic acids is 2. The van der Waals surface area contributed by atoms with Crippen molar-refractivity contribution in [2.75, 3.05) is 5.01 Å². The van der Waals surface area contributed by atoms with Crippen LogP contribution in [-0.4, -0.2) is 45.9 Å². The van der Waals surface area contributed by atoms with Gasteiger partial charge in [0.25, 0.3) is 5.91 Å². The number of rotatable bonds is 7. The van der Waals surface area contributed by atoms with Gasteiger partial charge in [0.2, 0.25) is 0 Å². The Hall–Kier alpha value is -2.90. The maximum Gasteiger partial charge on any atom is 0.328 e. The van der Waals surface area contributed by atoms with E-state index in [1.165, 1.54) is 5.01 Å². The number of para-hydroxylation sites is 1. The van der Waals surface area contributed by atoms with Gasteiger partial charge >= 0.3 is 11.9 Å². The van der Waals surface area contributed by atoms with Crippen LogP contribution in [0.25, 0.3) is 0 Å². The molecule has 8 heteroatoms. The van der Waals surface area contributed by atoms with Crippen molar-refractivity contribution in [2.24, 2.45) is 5.10 Å². The Morgan fingerprint density at radius 2 is 1.96 bits per heavy atom. The summed E-state index contributed by atoms with van der Waals surface area (Å²) in [6, 6.07) is 6.64. The van der Waals surface area contributed by atoms with Crippen LogP contribution >= 0.6 is 0 Å². The van der Waals surface area contributed by atoms with Gasteiger partial charge in [-0.05, 0) is 18.6 Å². The predicted octanol–water partition coefficient (Wildman–Crippen LogP) is 1.08. The Kier molecular flexibility index (Phi) is 5.51. The molecule has 0 saturated carbocycles. The van der Waals surface area contributed by atoms with Gasteiger partial charge in [-0.1, -0.05) is 31.5 Å². The van der Waals surface area contributed by atoms with E-state index in [1.807, 2.05) is 6.92 Å². The minimum absolute atomic E-state index is 0.00797. The molecule has 24 heavy (non-hydrogen) atoms. The lowest BCUT2D eigenvalue weighted by Crippen LogP contribution is -2.44. The first kappa shape index (κ1) is 17.5. The van der Waals surface area contributed by atoms with Gasteiger partial charge in [0, 0.05) is 6.42 Å². The molecular weight excluding hydrogens is 314 g/mol. The molecule has 1 aliphatic heterocycles. The van der Waals surface area contributed by atoms with Crippen molar-refractivity contribution in [1.82, 2.24) is 5.32 Å². The van der Waals surface area contributed by atoms with Gasteiger partial charge < -0.3 is 15.5 Å². The van der Waals surface area contributed by atoms with Crippen molar-refractivity contribution in [3.63, 3.8) is 0 Å². The van der Waals surface area contributed by atoms with Crippen molar-refractivity contribution < 1.29 is 24.6 Å². The molecule has 2 atom stereocenters. The normalized spacial score (nSPS) is 18.0. The third-order valence-electron chi connectivity index (χ3n) is 3.66. The van der Waals surface area contributed by atoms with Gasteiger partial charge in [0.05, 0.1) is 5.69 Å². The Morgan fingerprint density at radius 1 is 1.29 bits per heavy atom. The van der Waals surface area contributed by atoms with E-state index in [2.05, 4.69) is 10.4 Å². The maximum absolute atomic E-state index is 12.3. The van der Waals surface area contributed by atoms with E-state index in [-0.39, 0.29) is 12.1 Å². The zero-order valence-electron chi connectivity index (χ0n) is 13.2. The number of hydrazone groups is 1. The Morgan fingerprint density at radius 3 is 2.50 bits per heavy atom. The summed E-state index contributed by atoms with van der Waals surface area (Å²) in [6.07, 6.45) is 0.797. The largest absolute Gasteiger partial charge is 0.480 e. The van der Waals surface area contributed by atoms with Gasteiger partial charge in [-0.2, -0.15) is 5.10 Å². The lowest BCUT2D eigenvalue weighted by molar-refractivity contribution is -0.141. The molecule has 1 aliphatic rings. The van der Waals surface area contributed by atoms with Crippen LogP contribution in [-0.2, 0) is 14.4 Å². The van der Waals surface area contributed by atoms with Crippen molar-refractivity contribution in [1.29, 1.82) is 0 Å². The molecule has 0 spiro atoms. The van der Waals surface area contributed by atoms with Crippen LogP contribution in [0.3, 0.4) is 0 Å². The molecule has 0 aromatic heterocycles. The fourth-order valence-electron chi connectivity index (χ4n) is 2.45. The summed E-state index contributed by atoms with van der Waals surface area (Å²) in [6.45, 7) is 1.81. The number of nitrogens with one attached hydrogen (secondary N) is 1. The topological polar surface area (TPSA) is 119 Å². The van der Waals surface area contributed by atoms with Crippen LogP contribution in [0.1, 0.15) is 26.2 Å². The molecule has 8 nitrogen and oxygen atoms in total. The summed E-state index contributed by atoms with van der Waals surface area (Å²) in [5.41, 5.74) is 0.560. The van der Waals surface area contributed by atoms with Gasteiger partial charge in [-0.25, -0.2) is 9.59 Å². The summed E-state index contributed by atoms with van der Waals surface area (Å²) < 4.78 is 0. The number of carboxylic acids is 2. The van der Waals surface area contributed by atoms with Crippen LogP contribution in [0.4, 0.5) is 5.69 Å². The second-order valence-electron chi connectivity index (χ2n) is 5.44. The number of carbonyl (C=O) groups is 3. The molecule has 2 unspecified atom stereocenters. The minimum Gasteiger partial charge on any atom is -0.480 e. The zero-order chi connectivity index (χ0) is 17.7. The van der Waals surface area contributed by atoms with Crippen LogP contribution in [0.5, 0.6) is 0 Å². The van der Waals surface area contributed by atoms with E-state index in [0.717, 1.165) is 0 Å². The van der Waals surface area contributed by atoms with Crippen molar-refractivity contribution in [2.45, 2.75) is 38.3 Å². The van der Waals surface area contributed by atoms with Gasteiger partial charge in [-0.3, -0.25) is 9.80 Å². The monoisotopic (exact) mass is 333 g/mol. The molecule has 1 heterocycles. The highest BCUT2D eigenvalue weighted by molar-refractivity contribution is 6.40. The van der Waals surface area contributed by atoms with E-state index >= 15 is 0 Å². The average molecular weight is 333 g/mol. The average Bonchev–Trinajstić information content (AvgIpc) is 3.00. The molecule has 128 valence electrons. The van der Waals surface area contributed by atoms with E-state index < -0.39 is 29.9 Å². The second-order valence-corrected chi connectivity index (χ2v) is 5.44. The van der Waals surface area contributed by atoms with Crippen molar-refractivity contribution >= 4 is 29.2 Å². The van der Waals surface area contributed by atoms with E-state index in [0.29, 0.717) is 18.5 Å². The molecule has 1 amide bonds. The first-order valence-corrected chi connectivity index (χ1v) is 7.62. The van der Waals surface area contributed by atoms with Crippen molar-refractivity contribution in [3.8, 4) is 0 Å². The number of hydrogen-bond acceptors (Lipinski definition) is 5. The summed E-state index contributed by atoms with van der Waals surface area (Å²) in [7, 11) is 0. The highest BCUT2D eigenvalue weighted by atomic mass is 16.4. The third kappa shape index (κ3) is 3.89. The standard InChI is InChI=1S/C16H19N3O5/c1-2-6-11(15(21)22)17-14(20)12-9-13(16(23)24)19(18-12)10-7-4-3-5-8-10/h3-5,7-8,11,13H,2,6,9H2,1H3,(H,17,20)(H,21,22)(H,23,24). The molecule has 0 fully saturated rings. The quantitative estimate of drug-likeness (QED) is 0.687. The Bertz CT molecular complexity index is 659. The first-order valence-electron chi connectivity index (χ1n) is 7.62.